The van der Waals surface area contributed by atoms with E-state index in [4.69, 9.17) is 23.2 Å². The lowest BCUT2D eigenvalue weighted by molar-refractivity contribution is 0.102. The summed E-state index contributed by atoms with van der Waals surface area (Å²) in [5, 5.41) is 22.8. The number of nitrogens with one attached hydrogen (secondary N) is 3. The van der Waals surface area contributed by atoms with E-state index in [-0.39, 0.29) is 20.9 Å². The third-order valence-electron chi connectivity index (χ3n) is 3.29. The Kier molecular flexibility index (Phi) is 5.16. The first-order valence-electron chi connectivity index (χ1n) is 6.94. The van der Waals surface area contributed by atoms with Gasteiger partial charge >= 0.3 is 0 Å². The minimum Gasteiger partial charge on any atom is -0.493 e. The van der Waals surface area contributed by atoms with Crippen molar-refractivity contribution in [3.05, 3.63) is 44.3 Å². The lowest BCUT2D eigenvalue weighted by Gasteiger charge is -2.11. The maximum Gasteiger partial charge on any atom is 0.268 e. The molecule has 0 bridgehead atoms. The van der Waals surface area contributed by atoms with Gasteiger partial charge in [-0.25, -0.2) is 0 Å². The number of aromatic amines is 2. The molecule has 3 aromatic rings. The highest BCUT2D eigenvalue weighted by atomic mass is 35.5. The van der Waals surface area contributed by atoms with Gasteiger partial charge in [-0.1, -0.05) is 35.0 Å². The summed E-state index contributed by atoms with van der Waals surface area (Å²) in [7, 11) is 0. The number of halogens is 2. The number of hydrogen-bond acceptors (Lipinski definition) is 7. The van der Waals surface area contributed by atoms with E-state index < -0.39 is 22.9 Å². The molecule has 0 aliphatic heterocycles. The smallest absolute Gasteiger partial charge is 0.268 e. The molecule has 12 heteroatoms. The minimum atomic E-state index is -0.901. The molecule has 0 aliphatic carbocycles. The second-order valence-electron chi connectivity index (χ2n) is 4.90. The molecule has 9 nitrogen and oxygen atoms in total. The number of carbonyl (C=O) groups is 1. The summed E-state index contributed by atoms with van der Waals surface area (Å²) in [6.07, 6.45) is 3.14. The van der Waals surface area contributed by atoms with E-state index in [0.29, 0.717) is 11.3 Å². The summed E-state index contributed by atoms with van der Waals surface area (Å²) in [5.41, 5.74) is -0.157. The largest absolute Gasteiger partial charge is 0.493 e. The van der Waals surface area contributed by atoms with Crippen molar-refractivity contribution in [1.82, 2.24) is 25.4 Å². The van der Waals surface area contributed by atoms with Gasteiger partial charge in [0.05, 0.1) is 21.9 Å². The molecule has 0 fully saturated rings. The zero-order chi connectivity index (χ0) is 18.8. The molecule has 1 amide bonds. The summed E-state index contributed by atoms with van der Waals surface area (Å²) in [5.74, 6) is -1.59. The van der Waals surface area contributed by atoms with Crippen molar-refractivity contribution in [2.24, 2.45) is 0 Å². The van der Waals surface area contributed by atoms with Crippen LogP contribution in [0.4, 0.5) is 5.69 Å². The van der Waals surface area contributed by atoms with Crippen LogP contribution in [0.5, 0.6) is 5.88 Å². The average molecular weight is 413 g/mol. The van der Waals surface area contributed by atoms with E-state index in [1.54, 1.807) is 6.26 Å². The van der Waals surface area contributed by atoms with Crippen molar-refractivity contribution < 1.29 is 9.90 Å². The average Bonchev–Trinajstić information content (AvgIpc) is 3.11. The number of thioether (sulfide) groups is 1. The van der Waals surface area contributed by atoms with Crippen LogP contribution >= 0.6 is 35.0 Å². The van der Waals surface area contributed by atoms with E-state index >= 15 is 0 Å². The van der Waals surface area contributed by atoms with Crippen molar-refractivity contribution in [3.8, 4) is 17.1 Å². The predicted octanol–water partition coefficient (Wildman–Crippen LogP) is 2.54. The molecule has 0 aliphatic rings. The first-order chi connectivity index (χ1) is 12.4. The Labute approximate surface area is 160 Å². The predicted molar refractivity (Wildman–Crippen MR) is 98.1 cm³/mol. The second-order valence-corrected chi connectivity index (χ2v) is 6.51. The summed E-state index contributed by atoms with van der Waals surface area (Å²) in [4.78, 5) is 30.5. The summed E-state index contributed by atoms with van der Waals surface area (Å²) in [6, 6.07) is 3.06. The van der Waals surface area contributed by atoms with Crippen LogP contribution in [-0.2, 0) is 0 Å². The molecular weight excluding hydrogens is 403 g/mol. The van der Waals surface area contributed by atoms with Gasteiger partial charge in [0.1, 0.15) is 5.69 Å². The monoisotopic (exact) mass is 412 g/mol. The van der Waals surface area contributed by atoms with Gasteiger partial charge in [-0.2, -0.15) is 20.4 Å². The highest BCUT2D eigenvalue weighted by Gasteiger charge is 2.21. The van der Waals surface area contributed by atoms with Gasteiger partial charge in [-0.3, -0.25) is 9.59 Å². The molecule has 0 radical (unpaired) electrons. The van der Waals surface area contributed by atoms with Crippen molar-refractivity contribution >= 4 is 46.6 Å². The molecule has 0 saturated heterocycles. The number of carbonyl (C=O) groups excluding carboxylic acids is 1. The first kappa shape index (κ1) is 18.2. The Balaban J connectivity index is 1.95. The summed E-state index contributed by atoms with van der Waals surface area (Å²) < 4.78 is 0. The van der Waals surface area contributed by atoms with E-state index in [2.05, 4.69) is 30.7 Å². The third kappa shape index (κ3) is 3.52. The van der Waals surface area contributed by atoms with Crippen molar-refractivity contribution in [1.29, 1.82) is 0 Å². The van der Waals surface area contributed by atoms with Crippen LogP contribution < -0.4 is 10.9 Å². The van der Waals surface area contributed by atoms with Crippen LogP contribution in [0.15, 0.2) is 28.3 Å². The summed E-state index contributed by atoms with van der Waals surface area (Å²) in [6.45, 7) is 0. The number of hydrogen-bond donors (Lipinski definition) is 4. The molecule has 134 valence electrons. The fourth-order valence-electron chi connectivity index (χ4n) is 2.10. The highest BCUT2D eigenvalue weighted by Crippen LogP contribution is 2.35. The number of anilines is 1. The lowest BCUT2D eigenvalue weighted by Crippen LogP contribution is -2.24. The molecule has 26 heavy (non-hydrogen) atoms. The van der Waals surface area contributed by atoms with E-state index in [1.807, 2.05) is 0 Å². The van der Waals surface area contributed by atoms with Gasteiger partial charge < -0.3 is 15.4 Å². The lowest BCUT2D eigenvalue weighted by atomic mass is 10.1. The number of H-pyrrole nitrogens is 2. The number of aromatic nitrogens is 5. The van der Waals surface area contributed by atoms with Gasteiger partial charge in [0.25, 0.3) is 11.5 Å². The third-order valence-corrected chi connectivity index (χ3v) is 4.47. The van der Waals surface area contributed by atoms with Crippen LogP contribution in [-0.4, -0.2) is 42.6 Å². The maximum absolute atomic E-state index is 12.4. The fraction of sp³-hybridized carbons (Fsp3) is 0.0714. The Morgan fingerprint density at radius 1 is 1.31 bits per heavy atom. The number of nitrogens with zero attached hydrogens (tertiary/aromatic N) is 3. The SMILES string of the molecule is CSc1nc(O)c(C(=O)Nc2c(Cl)cc(-c3cn[nH]n3)cc2Cl)c(=O)[nH]1. The highest BCUT2D eigenvalue weighted by molar-refractivity contribution is 7.98. The van der Waals surface area contributed by atoms with Gasteiger partial charge in [-0.15, -0.1) is 0 Å². The molecule has 0 saturated carbocycles. The minimum absolute atomic E-state index is 0.0818. The molecule has 2 heterocycles. The normalized spacial score (nSPS) is 10.7. The van der Waals surface area contributed by atoms with Crippen LogP contribution in [0.25, 0.3) is 11.3 Å². The number of aromatic hydroxyl groups is 1. The second kappa shape index (κ2) is 7.36. The molecule has 0 unspecified atom stereocenters. The van der Waals surface area contributed by atoms with Crippen LogP contribution in [0.1, 0.15) is 10.4 Å². The molecule has 3 rings (SSSR count). The van der Waals surface area contributed by atoms with Crippen molar-refractivity contribution in [2.75, 3.05) is 11.6 Å². The molecule has 2 aromatic heterocycles. The maximum atomic E-state index is 12.4. The zero-order valence-corrected chi connectivity index (χ0v) is 15.3. The standard InChI is InChI=1S/C14H10Cl2N6O3S/c1-26-14-19-12(24)9(13(25)20-14)11(23)18-10-6(15)2-5(3-7(10)16)8-4-17-22-21-8/h2-4H,1H3,(H,18,23)(H,17,21,22)(H2,19,20,24,25). The van der Waals surface area contributed by atoms with Crippen LogP contribution in [0.2, 0.25) is 10.0 Å². The van der Waals surface area contributed by atoms with Gasteiger partial charge in [-0.05, 0) is 18.4 Å². The molecule has 4 N–H and O–H groups in total. The molecule has 1 aromatic carbocycles. The number of benzene rings is 1. The van der Waals surface area contributed by atoms with Crippen molar-refractivity contribution in [3.63, 3.8) is 0 Å². The first-order valence-corrected chi connectivity index (χ1v) is 8.92. The Hall–Kier alpha value is -2.56. The zero-order valence-electron chi connectivity index (χ0n) is 13.0. The van der Waals surface area contributed by atoms with Gasteiger partial charge in [0.15, 0.2) is 10.7 Å². The molecular formula is C14H10Cl2N6O3S. The molecule has 0 atom stereocenters. The van der Waals surface area contributed by atoms with E-state index in [1.165, 1.54) is 18.3 Å². The van der Waals surface area contributed by atoms with Crippen molar-refractivity contribution in [2.45, 2.75) is 5.16 Å². The Morgan fingerprint density at radius 3 is 2.54 bits per heavy atom. The van der Waals surface area contributed by atoms with Gasteiger partial charge in [0.2, 0.25) is 5.88 Å². The van der Waals surface area contributed by atoms with E-state index in [9.17, 15) is 14.7 Å². The number of rotatable bonds is 4. The fourth-order valence-corrected chi connectivity index (χ4v) is 3.05. The number of amides is 1. The van der Waals surface area contributed by atoms with Crippen LogP contribution in [0, 0.1) is 0 Å². The van der Waals surface area contributed by atoms with Gasteiger partial charge in [0, 0.05) is 5.56 Å². The topological polar surface area (TPSA) is 137 Å². The Morgan fingerprint density at radius 2 is 2.00 bits per heavy atom. The van der Waals surface area contributed by atoms with Crippen LogP contribution in [0.3, 0.4) is 0 Å². The molecule has 0 spiro atoms. The summed E-state index contributed by atoms with van der Waals surface area (Å²) >= 11 is 13.5. The quantitative estimate of drug-likeness (QED) is 0.381. The van der Waals surface area contributed by atoms with E-state index in [0.717, 1.165) is 11.8 Å². The Bertz CT molecular complexity index is 1010.